The summed E-state index contributed by atoms with van der Waals surface area (Å²) in [6, 6.07) is 6.13. The summed E-state index contributed by atoms with van der Waals surface area (Å²) in [6.45, 7) is 10.5. The first-order valence-corrected chi connectivity index (χ1v) is 9.98. The van der Waals surface area contributed by atoms with Crippen LogP contribution in [0, 0.1) is 18.8 Å². The Balaban J connectivity index is 2.11. The smallest absolute Gasteiger partial charge is 0.254 e. The van der Waals surface area contributed by atoms with E-state index in [2.05, 4.69) is 31.4 Å². The zero-order valence-corrected chi connectivity index (χ0v) is 17.0. The van der Waals surface area contributed by atoms with Crippen molar-refractivity contribution < 1.29 is 9.59 Å². The molecule has 1 aliphatic rings. The minimum atomic E-state index is -0.156. The molecule has 0 aromatic heterocycles. The van der Waals surface area contributed by atoms with Crippen molar-refractivity contribution in [1.29, 1.82) is 0 Å². The van der Waals surface area contributed by atoms with E-state index in [4.69, 9.17) is 5.73 Å². The van der Waals surface area contributed by atoms with Crippen LogP contribution in [0.2, 0.25) is 0 Å². The fraction of sp³-hybridized carbons (Fsp3) is 0.619. The third-order valence-corrected chi connectivity index (χ3v) is 5.47. The van der Waals surface area contributed by atoms with Crippen molar-refractivity contribution >= 4 is 17.5 Å². The summed E-state index contributed by atoms with van der Waals surface area (Å²) < 4.78 is 0. The maximum Gasteiger partial charge on any atom is 0.254 e. The molecule has 2 unspecified atom stereocenters. The number of nitrogens with one attached hydrogen (secondary N) is 2. The van der Waals surface area contributed by atoms with Crippen LogP contribution in [0.3, 0.4) is 0 Å². The lowest BCUT2D eigenvalue weighted by atomic mass is 9.95. The molecule has 0 bridgehead atoms. The molecule has 1 aliphatic heterocycles. The van der Waals surface area contributed by atoms with E-state index in [-0.39, 0.29) is 17.7 Å². The molecular weight excluding hydrogens is 340 g/mol. The molecule has 2 atom stereocenters. The Kier molecular flexibility index (Phi) is 7.66. The third-order valence-electron chi connectivity index (χ3n) is 5.47. The minimum absolute atomic E-state index is 0.00384. The zero-order chi connectivity index (χ0) is 20.0. The lowest BCUT2D eigenvalue weighted by Crippen LogP contribution is -2.46. The molecule has 2 rings (SSSR count). The fourth-order valence-corrected chi connectivity index (χ4v) is 3.32. The molecule has 0 saturated carbocycles. The van der Waals surface area contributed by atoms with Gasteiger partial charge in [0.05, 0.1) is 5.92 Å². The van der Waals surface area contributed by atoms with Crippen LogP contribution >= 0.6 is 0 Å². The molecule has 1 aromatic carbocycles. The van der Waals surface area contributed by atoms with E-state index in [0.29, 0.717) is 43.7 Å². The summed E-state index contributed by atoms with van der Waals surface area (Å²) in [5.74, 6) is 0.344. The lowest BCUT2D eigenvalue weighted by molar-refractivity contribution is -0.126. The fourth-order valence-electron chi connectivity index (χ4n) is 3.32. The highest BCUT2D eigenvalue weighted by Gasteiger charge is 2.29. The predicted octanol–water partition coefficient (Wildman–Crippen LogP) is 2.38. The number of carbonyl (C=O) groups is 2. The van der Waals surface area contributed by atoms with Gasteiger partial charge in [-0.05, 0) is 50.3 Å². The summed E-state index contributed by atoms with van der Waals surface area (Å²) in [7, 11) is 0. The number of benzene rings is 1. The molecule has 0 radical (unpaired) electrons. The van der Waals surface area contributed by atoms with Crippen LogP contribution < -0.4 is 16.4 Å². The average molecular weight is 375 g/mol. The van der Waals surface area contributed by atoms with E-state index in [0.717, 1.165) is 24.1 Å². The van der Waals surface area contributed by atoms with E-state index in [1.165, 1.54) is 0 Å². The number of nitrogens with zero attached hydrogens (tertiary/aromatic N) is 1. The maximum absolute atomic E-state index is 13.1. The highest BCUT2D eigenvalue weighted by atomic mass is 16.2. The second-order valence-electron chi connectivity index (χ2n) is 7.83. The van der Waals surface area contributed by atoms with E-state index in [1.807, 2.05) is 30.0 Å². The number of hydrogen-bond acceptors (Lipinski definition) is 4. The maximum atomic E-state index is 13.1. The lowest BCUT2D eigenvalue weighted by Gasteiger charge is -2.32. The predicted molar refractivity (Wildman–Crippen MR) is 110 cm³/mol. The highest BCUT2D eigenvalue weighted by molar-refractivity contribution is 5.97. The SMILES string of the molecule is Cc1c(NC(C)C(C)C)cccc1C(=O)N1CCCC(C(=O)NCCN)C1. The first-order chi connectivity index (χ1) is 12.8. The molecule has 1 heterocycles. The van der Waals surface area contributed by atoms with Crippen LogP contribution in [0.1, 0.15) is 49.5 Å². The molecule has 1 saturated heterocycles. The van der Waals surface area contributed by atoms with Crippen LogP contribution in [0.15, 0.2) is 18.2 Å². The molecule has 27 heavy (non-hydrogen) atoms. The van der Waals surface area contributed by atoms with Gasteiger partial charge in [-0.15, -0.1) is 0 Å². The van der Waals surface area contributed by atoms with Crippen LogP contribution in [-0.4, -0.2) is 48.9 Å². The van der Waals surface area contributed by atoms with Crippen molar-refractivity contribution in [3.63, 3.8) is 0 Å². The molecule has 0 aliphatic carbocycles. The number of rotatable bonds is 7. The van der Waals surface area contributed by atoms with Crippen LogP contribution in [0.25, 0.3) is 0 Å². The zero-order valence-electron chi connectivity index (χ0n) is 17.0. The minimum Gasteiger partial charge on any atom is -0.382 e. The number of anilines is 1. The van der Waals surface area contributed by atoms with Crippen LogP contribution in [-0.2, 0) is 4.79 Å². The van der Waals surface area contributed by atoms with E-state index >= 15 is 0 Å². The Morgan fingerprint density at radius 3 is 2.70 bits per heavy atom. The van der Waals surface area contributed by atoms with Gasteiger partial charge in [0, 0.05) is 43.5 Å². The number of carbonyl (C=O) groups excluding carboxylic acids is 2. The number of piperidine rings is 1. The summed E-state index contributed by atoms with van der Waals surface area (Å²) in [4.78, 5) is 27.2. The average Bonchev–Trinajstić information content (AvgIpc) is 2.67. The Hall–Kier alpha value is -2.08. The molecular formula is C21H34N4O2. The number of amides is 2. The molecule has 4 N–H and O–H groups in total. The second-order valence-corrected chi connectivity index (χ2v) is 7.83. The Labute approximate surface area is 162 Å². The standard InChI is InChI=1S/C21H34N4O2/c1-14(2)16(4)24-19-9-5-8-18(15(19)3)21(27)25-12-6-7-17(13-25)20(26)23-11-10-22/h5,8-9,14,16-17,24H,6-7,10-13,22H2,1-4H3,(H,23,26). The van der Waals surface area contributed by atoms with Gasteiger partial charge in [-0.3, -0.25) is 9.59 Å². The van der Waals surface area contributed by atoms with Gasteiger partial charge in [-0.2, -0.15) is 0 Å². The molecule has 0 spiro atoms. The summed E-state index contributed by atoms with van der Waals surface area (Å²) >= 11 is 0. The van der Waals surface area contributed by atoms with Gasteiger partial charge in [0.1, 0.15) is 0 Å². The summed E-state index contributed by atoms with van der Waals surface area (Å²) in [5.41, 5.74) is 8.12. The number of hydrogen-bond donors (Lipinski definition) is 3. The Morgan fingerprint density at radius 2 is 2.04 bits per heavy atom. The topological polar surface area (TPSA) is 87.5 Å². The van der Waals surface area contributed by atoms with Crippen molar-refractivity contribution in [2.75, 3.05) is 31.5 Å². The summed E-state index contributed by atoms with van der Waals surface area (Å²) in [5, 5.41) is 6.35. The number of likely N-dealkylation sites (tertiary alicyclic amines) is 1. The van der Waals surface area contributed by atoms with E-state index in [1.54, 1.807) is 0 Å². The van der Waals surface area contributed by atoms with Crippen molar-refractivity contribution in [1.82, 2.24) is 10.2 Å². The van der Waals surface area contributed by atoms with Crippen LogP contribution in [0.4, 0.5) is 5.69 Å². The monoisotopic (exact) mass is 374 g/mol. The largest absolute Gasteiger partial charge is 0.382 e. The van der Waals surface area contributed by atoms with Crippen molar-refractivity contribution in [2.24, 2.45) is 17.6 Å². The van der Waals surface area contributed by atoms with Crippen molar-refractivity contribution in [2.45, 2.75) is 46.6 Å². The normalized spacial score (nSPS) is 18.3. The van der Waals surface area contributed by atoms with Crippen molar-refractivity contribution in [3.05, 3.63) is 29.3 Å². The van der Waals surface area contributed by atoms with Gasteiger partial charge in [-0.1, -0.05) is 19.9 Å². The Morgan fingerprint density at radius 1 is 1.30 bits per heavy atom. The van der Waals surface area contributed by atoms with Gasteiger partial charge < -0.3 is 21.3 Å². The molecule has 6 heteroatoms. The van der Waals surface area contributed by atoms with Gasteiger partial charge in [0.25, 0.3) is 5.91 Å². The Bertz CT molecular complexity index is 660. The van der Waals surface area contributed by atoms with Crippen LogP contribution in [0.5, 0.6) is 0 Å². The number of nitrogens with two attached hydrogens (primary N) is 1. The second kappa shape index (κ2) is 9.74. The molecule has 150 valence electrons. The summed E-state index contributed by atoms with van der Waals surface area (Å²) in [6.07, 6.45) is 1.65. The van der Waals surface area contributed by atoms with Gasteiger partial charge in [-0.25, -0.2) is 0 Å². The molecule has 6 nitrogen and oxygen atoms in total. The quantitative estimate of drug-likeness (QED) is 0.684. The van der Waals surface area contributed by atoms with Gasteiger partial charge >= 0.3 is 0 Å². The third kappa shape index (κ3) is 5.45. The van der Waals surface area contributed by atoms with Gasteiger partial charge in [0.2, 0.25) is 5.91 Å². The van der Waals surface area contributed by atoms with Crippen molar-refractivity contribution in [3.8, 4) is 0 Å². The highest BCUT2D eigenvalue weighted by Crippen LogP contribution is 2.25. The molecule has 1 aromatic rings. The van der Waals surface area contributed by atoms with E-state index < -0.39 is 0 Å². The van der Waals surface area contributed by atoms with E-state index in [9.17, 15) is 9.59 Å². The van der Waals surface area contributed by atoms with Gasteiger partial charge in [0.15, 0.2) is 0 Å². The first-order valence-electron chi connectivity index (χ1n) is 9.98. The molecule has 1 fully saturated rings. The molecule has 2 amide bonds. The first kappa shape index (κ1) is 21.2.